The van der Waals surface area contributed by atoms with Crippen LogP contribution >= 0.6 is 11.6 Å². The van der Waals surface area contributed by atoms with E-state index in [2.05, 4.69) is 10.4 Å². The number of carbonyl (C=O) groups excluding carboxylic acids is 1. The SMILES string of the molecule is NN=CNC(=O)c1cc2c(Cl)ccc3c2n1CCC3. The number of amides is 1. The van der Waals surface area contributed by atoms with Crippen LogP contribution in [0.2, 0.25) is 5.02 Å². The number of hydrogen-bond acceptors (Lipinski definition) is 3. The molecule has 3 rings (SSSR count). The average Bonchev–Trinajstić information content (AvgIpc) is 2.82. The van der Waals surface area contributed by atoms with E-state index in [0.29, 0.717) is 10.7 Å². The molecule has 98 valence electrons. The van der Waals surface area contributed by atoms with Gasteiger partial charge in [0.15, 0.2) is 0 Å². The van der Waals surface area contributed by atoms with Crippen LogP contribution in [0.15, 0.2) is 23.3 Å². The number of nitrogens with zero attached hydrogens (tertiary/aromatic N) is 2. The highest BCUT2D eigenvalue weighted by atomic mass is 35.5. The van der Waals surface area contributed by atoms with Gasteiger partial charge in [-0.2, -0.15) is 5.10 Å². The minimum Gasteiger partial charge on any atom is -0.336 e. The van der Waals surface area contributed by atoms with Crippen molar-refractivity contribution in [3.05, 3.63) is 34.5 Å². The fourth-order valence-corrected chi connectivity index (χ4v) is 2.85. The highest BCUT2D eigenvalue weighted by Gasteiger charge is 2.21. The van der Waals surface area contributed by atoms with E-state index in [1.807, 2.05) is 22.8 Å². The molecule has 1 amide bonds. The van der Waals surface area contributed by atoms with Gasteiger partial charge in [0.1, 0.15) is 12.0 Å². The number of hydrazone groups is 1. The Morgan fingerprint density at radius 1 is 1.53 bits per heavy atom. The molecule has 0 aliphatic carbocycles. The minimum absolute atomic E-state index is 0.227. The number of aryl methyl sites for hydroxylation is 2. The van der Waals surface area contributed by atoms with Gasteiger partial charge in [0.2, 0.25) is 0 Å². The number of aromatic nitrogens is 1. The topological polar surface area (TPSA) is 72.4 Å². The van der Waals surface area contributed by atoms with E-state index in [9.17, 15) is 4.79 Å². The Morgan fingerprint density at radius 2 is 2.37 bits per heavy atom. The Labute approximate surface area is 115 Å². The second kappa shape index (κ2) is 4.59. The standard InChI is InChI=1S/C13H13ClN4O/c14-10-4-3-8-2-1-5-18-11(6-9(10)12(8)18)13(19)16-7-17-15/h3-4,6-7H,1-2,5,15H2,(H,16,17,19). The van der Waals surface area contributed by atoms with Crippen LogP contribution in [0.4, 0.5) is 0 Å². The summed E-state index contributed by atoms with van der Waals surface area (Å²) in [6.45, 7) is 0.819. The van der Waals surface area contributed by atoms with Gasteiger partial charge in [0.25, 0.3) is 5.91 Å². The molecule has 0 atom stereocenters. The third-order valence-electron chi connectivity index (χ3n) is 3.42. The number of carbonyl (C=O) groups is 1. The maximum atomic E-state index is 12.1. The third-order valence-corrected chi connectivity index (χ3v) is 3.75. The van der Waals surface area contributed by atoms with Crippen molar-refractivity contribution < 1.29 is 4.79 Å². The second-order valence-electron chi connectivity index (χ2n) is 4.51. The largest absolute Gasteiger partial charge is 0.336 e. The van der Waals surface area contributed by atoms with E-state index in [4.69, 9.17) is 17.4 Å². The lowest BCUT2D eigenvalue weighted by Crippen LogP contribution is -2.25. The van der Waals surface area contributed by atoms with Crippen LogP contribution in [0.25, 0.3) is 10.9 Å². The van der Waals surface area contributed by atoms with Crippen molar-refractivity contribution in [2.45, 2.75) is 19.4 Å². The second-order valence-corrected chi connectivity index (χ2v) is 4.91. The van der Waals surface area contributed by atoms with Gasteiger partial charge in [-0.25, -0.2) is 0 Å². The summed E-state index contributed by atoms with van der Waals surface area (Å²) in [6, 6.07) is 5.74. The van der Waals surface area contributed by atoms with Gasteiger partial charge in [-0.1, -0.05) is 17.7 Å². The van der Waals surface area contributed by atoms with Crippen LogP contribution in [0.3, 0.4) is 0 Å². The highest BCUT2D eigenvalue weighted by molar-refractivity contribution is 6.35. The van der Waals surface area contributed by atoms with Gasteiger partial charge in [-0.15, -0.1) is 0 Å². The maximum absolute atomic E-state index is 12.1. The van der Waals surface area contributed by atoms with Gasteiger partial charge in [-0.3, -0.25) is 4.79 Å². The molecule has 0 fully saturated rings. The molecular formula is C13H13ClN4O. The van der Waals surface area contributed by atoms with E-state index in [1.54, 1.807) is 0 Å². The zero-order chi connectivity index (χ0) is 13.4. The number of hydrogen-bond donors (Lipinski definition) is 2. The number of nitrogens with two attached hydrogens (primary N) is 1. The van der Waals surface area contributed by atoms with Crippen LogP contribution in [-0.4, -0.2) is 16.8 Å². The molecule has 0 spiro atoms. The number of benzene rings is 1. The highest BCUT2D eigenvalue weighted by Crippen LogP contribution is 2.33. The fraction of sp³-hybridized carbons (Fsp3) is 0.231. The Balaban J connectivity index is 2.19. The van der Waals surface area contributed by atoms with Crippen molar-refractivity contribution in [2.24, 2.45) is 10.9 Å². The minimum atomic E-state index is -0.227. The zero-order valence-electron chi connectivity index (χ0n) is 10.2. The van der Waals surface area contributed by atoms with E-state index in [0.717, 1.165) is 30.3 Å². The quantitative estimate of drug-likeness (QED) is 0.380. The van der Waals surface area contributed by atoms with E-state index in [-0.39, 0.29) is 5.91 Å². The molecular weight excluding hydrogens is 264 g/mol. The van der Waals surface area contributed by atoms with Gasteiger partial charge >= 0.3 is 0 Å². The molecule has 0 radical (unpaired) electrons. The molecule has 19 heavy (non-hydrogen) atoms. The smallest absolute Gasteiger partial charge is 0.273 e. The summed E-state index contributed by atoms with van der Waals surface area (Å²) in [7, 11) is 0. The van der Waals surface area contributed by atoms with Crippen molar-refractivity contribution in [1.29, 1.82) is 0 Å². The molecule has 0 saturated carbocycles. The lowest BCUT2D eigenvalue weighted by Gasteiger charge is -2.17. The molecule has 5 nitrogen and oxygen atoms in total. The Kier molecular flexibility index (Phi) is 2.91. The maximum Gasteiger partial charge on any atom is 0.273 e. The lowest BCUT2D eigenvalue weighted by atomic mass is 10.0. The van der Waals surface area contributed by atoms with Crippen LogP contribution in [0.5, 0.6) is 0 Å². The van der Waals surface area contributed by atoms with E-state index < -0.39 is 0 Å². The molecule has 3 N–H and O–H groups in total. The molecule has 1 aliphatic heterocycles. The van der Waals surface area contributed by atoms with Crippen molar-refractivity contribution in [3.8, 4) is 0 Å². The molecule has 2 heterocycles. The van der Waals surface area contributed by atoms with Crippen molar-refractivity contribution in [2.75, 3.05) is 0 Å². The number of rotatable bonds is 2. The van der Waals surface area contributed by atoms with Crippen molar-refractivity contribution in [3.63, 3.8) is 0 Å². The van der Waals surface area contributed by atoms with Crippen LogP contribution in [0.1, 0.15) is 22.5 Å². The monoisotopic (exact) mass is 276 g/mol. The molecule has 0 unspecified atom stereocenters. The normalized spacial score (nSPS) is 14.2. The van der Waals surface area contributed by atoms with Crippen LogP contribution in [-0.2, 0) is 13.0 Å². The summed E-state index contributed by atoms with van der Waals surface area (Å²) >= 11 is 6.21. The fourth-order valence-electron chi connectivity index (χ4n) is 2.64. The zero-order valence-corrected chi connectivity index (χ0v) is 10.9. The Bertz CT molecular complexity index is 689. The number of nitrogens with one attached hydrogen (secondary N) is 1. The summed E-state index contributed by atoms with van der Waals surface area (Å²) in [6.07, 6.45) is 3.21. The number of halogens is 1. The summed E-state index contributed by atoms with van der Waals surface area (Å²) in [5.74, 6) is 4.76. The van der Waals surface area contributed by atoms with Gasteiger partial charge < -0.3 is 15.7 Å². The third kappa shape index (κ3) is 1.86. The molecule has 0 saturated heterocycles. The van der Waals surface area contributed by atoms with Gasteiger partial charge in [-0.05, 0) is 30.5 Å². The average molecular weight is 277 g/mol. The van der Waals surface area contributed by atoms with E-state index >= 15 is 0 Å². The first-order valence-corrected chi connectivity index (χ1v) is 6.43. The van der Waals surface area contributed by atoms with Crippen molar-refractivity contribution >= 4 is 34.7 Å². The van der Waals surface area contributed by atoms with Crippen molar-refractivity contribution in [1.82, 2.24) is 9.88 Å². The summed E-state index contributed by atoms with van der Waals surface area (Å²) < 4.78 is 2.01. The predicted octanol–water partition coefficient (Wildman–Crippen LogP) is 1.87. The summed E-state index contributed by atoms with van der Waals surface area (Å²) in [5, 5.41) is 7.39. The predicted molar refractivity (Wildman–Crippen MR) is 75.4 cm³/mol. The molecule has 6 heteroatoms. The van der Waals surface area contributed by atoms with Crippen LogP contribution in [0, 0.1) is 0 Å². The summed E-state index contributed by atoms with van der Waals surface area (Å²) in [4.78, 5) is 12.1. The van der Waals surface area contributed by atoms with Gasteiger partial charge in [0, 0.05) is 17.0 Å². The first-order chi connectivity index (χ1) is 9.22. The molecule has 2 aromatic rings. The molecule has 1 aliphatic rings. The first-order valence-electron chi connectivity index (χ1n) is 6.05. The lowest BCUT2D eigenvalue weighted by molar-refractivity contribution is 0.0969. The first kappa shape index (κ1) is 12.0. The van der Waals surface area contributed by atoms with Crippen LogP contribution < -0.4 is 11.2 Å². The van der Waals surface area contributed by atoms with E-state index in [1.165, 1.54) is 11.9 Å². The van der Waals surface area contributed by atoms with Gasteiger partial charge in [0.05, 0.1) is 5.52 Å². The molecule has 1 aromatic heterocycles. The molecule has 0 bridgehead atoms. The Morgan fingerprint density at radius 3 is 3.16 bits per heavy atom. The summed E-state index contributed by atoms with van der Waals surface area (Å²) in [5.41, 5.74) is 2.88. The molecule has 1 aromatic carbocycles. The Hall–Kier alpha value is -2.01.